The number of hydrogen-bond donors (Lipinski definition) is 1. The molecule has 0 aliphatic carbocycles. The van der Waals surface area contributed by atoms with Crippen molar-refractivity contribution in [2.24, 2.45) is 5.73 Å². The zero-order valence-electron chi connectivity index (χ0n) is 10.1. The SMILES string of the molecule is COCC(N)Cc1nc(C2CCCCS2)no1. The summed E-state index contributed by atoms with van der Waals surface area (Å²) in [6.45, 7) is 0.510. The Balaban J connectivity index is 1.90. The van der Waals surface area contributed by atoms with Gasteiger partial charge in [0.05, 0.1) is 11.9 Å². The highest BCUT2D eigenvalue weighted by Crippen LogP contribution is 2.36. The van der Waals surface area contributed by atoms with Crippen molar-refractivity contribution in [3.63, 3.8) is 0 Å². The summed E-state index contributed by atoms with van der Waals surface area (Å²) >= 11 is 1.92. The van der Waals surface area contributed by atoms with Gasteiger partial charge in [0.15, 0.2) is 5.82 Å². The summed E-state index contributed by atoms with van der Waals surface area (Å²) < 4.78 is 10.2. The Hall–Kier alpha value is -0.590. The van der Waals surface area contributed by atoms with Crippen LogP contribution in [0.2, 0.25) is 0 Å². The average molecular weight is 257 g/mol. The molecule has 96 valence electrons. The fraction of sp³-hybridized carbons (Fsp3) is 0.818. The minimum atomic E-state index is -0.0766. The van der Waals surface area contributed by atoms with Crippen molar-refractivity contribution >= 4 is 11.8 Å². The lowest BCUT2D eigenvalue weighted by molar-refractivity contribution is 0.176. The quantitative estimate of drug-likeness (QED) is 0.862. The van der Waals surface area contributed by atoms with Gasteiger partial charge in [-0.15, -0.1) is 0 Å². The molecule has 17 heavy (non-hydrogen) atoms. The Kier molecular flexibility index (Phi) is 4.82. The maximum Gasteiger partial charge on any atom is 0.228 e. The number of ether oxygens (including phenoxy) is 1. The Morgan fingerprint density at radius 1 is 1.59 bits per heavy atom. The molecular weight excluding hydrogens is 238 g/mol. The van der Waals surface area contributed by atoms with Crippen LogP contribution < -0.4 is 5.73 Å². The second kappa shape index (κ2) is 6.37. The molecule has 1 saturated heterocycles. The van der Waals surface area contributed by atoms with E-state index < -0.39 is 0 Å². The molecule has 0 aromatic carbocycles. The molecule has 2 unspecified atom stereocenters. The number of nitrogens with two attached hydrogens (primary N) is 1. The molecule has 1 fully saturated rings. The van der Waals surface area contributed by atoms with E-state index in [4.69, 9.17) is 15.0 Å². The lowest BCUT2D eigenvalue weighted by Gasteiger charge is -2.17. The Labute approximate surface area is 105 Å². The molecule has 1 aliphatic heterocycles. The molecule has 1 aliphatic rings. The summed E-state index contributed by atoms with van der Waals surface area (Å²) in [6.07, 6.45) is 4.28. The van der Waals surface area contributed by atoms with Crippen LogP contribution in [0.15, 0.2) is 4.52 Å². The van der Waals surface area contributed by atoms with Gasteiger partial charge in [0.25, 0.3) is 0 Å². The predicted octanol–water partition coefficient (Wildman–Crippen LogP) is 1.54. The zero-order chi connectivity index (χ0) is 12.1. The molecule has 1 aromatic heterocycles. The lowest BCUT2D eigenvalue weighted by Crippen LogP contribution is -2.28. The fourth-order valence-corrected chi connectivity index (χ4v) is 3.16. The van der Waals surface area contributed by atoms with Crippen LogP contribution in [-0.2, 0) is 11.2 Å². The maximum absolute atomic E-state index is 5.85. The van der Waals surface area contributed by atoms with Crippen molar-refractivity contribution in [1.82, 2.24) is 10.1 Å². The second-order valence-electron chi connectivity index (χ2n) is 4.32. The largest absolute Gasteiger partial charge is 0.383 e. The minimum absolute atomic E-state index is 0.0766. The zero-order valence-corrected chi connectivity index (χ0v) is 10.9. The van der Waals surface area contributed by atoms with Gasteiger partial charge in [-0.3, -0.25) is 0 Å². The summed E-state index contributed by atoms with van der Waals surface area (Å²) in [5, 5.41) is 4.45. The molecule has 2 rings (SSSR count). The van der Waals surface area contributed by atoms with Crippen LogP contribution in [0.1, 0.15) is 36.2 Å². The monoisotopic (exact) mass is 257 g/mol. The maximum atomic E-state index is 5.85. The first-order valence-corrected chi connectivity index (χ1v) is 7.03. The summed E-state index contributed by atoms with van der Waals surface area (Å²) in [6, 6.07) is -0.0766. The molecule has 0 saturated carbocycles. The van der Waals surface area contributed by atoms with Crippen molar-refractivity contribution in [3.8, 4) is 0 Å². The third-order valence-corrected chi connectivity index (χ3v) is 4.14. The highest BCUT2D eigenvalue weighted by atomic mass is 32.2. The van der Waals surface area contributed by atoms with Crippen molar-refractivity contribution in [1.29, 1.82) is 0 Å². The van der Waals surface area contributed by atoms with Crippen LogP contribution in [0.25, 0.3) is 0 Å². The first kappa shape index (κ1) is 12.9. The number of thioether (sulfide) groups is 1. The van der Waals surface area contributed by atoms with E-state index in [1.807, 2.05) is 11.8 Å². The lowest BCUT2D eigenvalue weighted by atomic mass is 10.2. The molecule has 5 nitrogen and oxygen atoms in total. The van der Waals surface area contributed by atoms with Crippen molar-refractivity contribution < 1.29 is 9.26 Å². The molecule has 0 radical (unpaired) electrons. The number of rotatable bonds is 5. The molecule has 6 heteroatoms. The van der Waals surface area contributed by atoms with Gasteiger partial charge in [0.2, 0.25) is 5.89 Å². The first-order valence-electron chi connectivity index (χ1n) is 5.98. The van der Waals surface area contributed by atoms with E-state index in [9.17, 15) is 0 Å². The Morgan fingerprint density at radius 3 is 3.18 bits per heavy atom. The van der Waals surface area contributed by atoms with Gasteiger partial charge < -0.3 is 15.0 Å². The van der Waals surface area contributed by atoms with Crippen LogP contribution in [-0.4, -0.2) is 35.7 Å². The molecule has 1 aromatic rings. The van der Waals surface area contributed by atoms with E-state index in [2.05, 4.69) is 10.1 Å². The molecule has 0 spiro atoms. The van der Waals surface area contributed by atoms with Gasteiger partial charge in [-0.1, -0.05) is 11.6 Å². The average Bonchev–Trinajstić information content (AvgIpc) is 2.79. The van der Waals surface area contributed by atoms with Crippen LogP contribution in [0.5, 0.6) is 0 Å². The fourth-order valence-electron chi connectivity index (χ4n) is 1.92. The van der Waals surface area contributed by atoms with E-state index in [0.29, 0.717) is 24.2 Å². The normalized spacial score (nSPS) is 22.6. The molecule has 0 amide bonds. The molecular formula is C11H19N3O2S. The van der Waals surface area contributed by atoms with E-state index in [1.54, 1.807) is 7.11 Å². The molecule has 2 N–H and O–H groups in total. The second-order valence-corrected chi connectivity index (χ2v) is 5.63. The topological polar surface area (TPSA) is 74.2 Å². The number of aromatic nitrogens is 2. The van der Waals surface area contributed by atoms with Gasteiger partial charge in [0, 0.05) is 19.6 Å². The summed E-state index contributed by atoms with van der Waals surface area (Å²) in [4.78, 5) is 4.42. The van der Waals surface area contributed by atoms with Gasteiger partial charge >= 0.3 is 0 Å². The van der Waals surface area contributed by atoms with Gasteiger partial charge in [0.1, 0.15) is 0 Å². The predicted molar refractivity (Wildman–Crippen MR) is 66.9 cm³/mol. The van der Waals surface area contributed by atoms with Crippen molar-refractivity contribution in [3.05, 3.63) is 11.7 Å². The standard InChI is InChI=1S/C11H19N3O2S/c1-15-7-8(12)6-10-13-11(14-16-10)9-4-2-3-5-17-9/h8-9H,2-7,12H2,1H3. The summed E-state index contributed by atoms with van der Waals surface area (Å²) in [5.74, 6) is 2.64. The summed E-state index contributed by atoms with van der Waals surface area (Å²) in [7, 11) is 1.64. The molecule has 2 heterocycles. The van der Waals surface area contributed by atoms with Crippen LogP contribution in [0, 0.1) is 0 Å². The third-order valence-electron chi connectivity index (χ3n) is 2.77. The third kappa shape index (κ3) is 3.69. The van der Waals surface area contributed by atoms with E-state index in [0.717, 1.165) is 12.2 Å². The van der Waals surface area contributed by atoms with Gasteiger partial charge in [-0.2, -0.15) is 16.7 Å². The Morgan fingerprint density at radius 2 is 2.47 bits per heavy atom. The first-order chi connectivity index (χ1) is 8.29. The Bertz CT molecular complexity index is 339. The van der Waals surface area contributed by atoms with Crippen molar-refractivity contribution in [2.45, 2.75) is 37.0 Å². The minimum Gasteiger partial charge on any atom is -0.383 e. The van der Waals surface area contributed by atoms with Crippen molar-refractivity contribution in [2.75, 3.05) is 19.5 Å². The smallest absolute Gasteiger partial charge is 0.228 e. The highest BCUT2D eigenvalue weighted by molar-refractivity contribution is 7.99. The van der Waals surface area contributed by atoms with Crippen LogP contribution in [0.3, 0.4) is 0 Å². The van der Waals surface area contributed by atoms with Gasteiger partial charge in [-0.25, -0.2) is 0 Å². The van der Waals surface area contributed by atoms with Gasteiger partial charge in [-0.05, 0) is 18.6 Å². The highest BCUT2D eigenvalue weighted by Gasteiger charge is 2.21. The summed E-state index contributed by atoms with van der Waals surface area (Å²) in [5.41, 5.74) is 5.85. The van der Waals surface area contributed by atoms with E-state index in [1.165, 1.54) is 18.6 Å². The number of nitrogens with zero attached hydrogens (tertiary/aromatic N) is 2. The number of methoxy groups -OCH3 is 1. The molecule has 2 atom stereocenters. The molecule has 0 bridgehead atoms. The van der Waals surface area contributed by atoms with E-state index in [-0.39, 0.29) is 6.04 Å². The van der Waals surface area contributed by atoms with E-state index >= 15 is 0 Å². The van der Waals surface area contributed by atoms with Crippen LogP contribution in [0.4, 0.5) is 0 Å². The number of hydrogen-bond acceptors (Lipinski definition) is 6. The van der Waals surface area contributed by atoms with Crippen LogP contribution >= 0.6 is 11.8 Å².